The van der Waals surface area contributed by atoms with Crippen LogP contribution in [0.3, 0.4) is 0 Å². The number of carbonyl (C=O) groups is 1. The molecule has 0 fully saturated rings. The van der Waals surface area contributed by atoms with Crippen LogP contribution in [0.25, 0.3) is 11.1 Å². The molecular weight excluding hydrogens is 245 g/mol. The van der Waals surface area contributed by atoms with E-state index in [9.17, 15) is 18.0 Å². The predicted molar refractivity (Wildman–Crippen MR) is 58.7 cm³/mol. The minimum Gasteiger partial charge on any atom is -0.478 e. The fourth-order valence-corrected chi connectivity index (χ4v) is 1.67. The molecule has 0 heterocycles. The second kappa shape index (κ2) is 4.52. The first kappa shape index (κ1) is 12.2. The summed E-state index contributed by atoms with van der Waals surface area (Å²) >= 11 is 0. The van der Waals surface area contributed by atoms with Crippen molar-refractivity contribution in [2.45, 2.75) is 0 Å². The lowest BCUT2D eigenvalue weighted by Crippen LogP contribution is -2.03. The quantitative estimate of drug-likeness (QED) is 0.888. The predicted octanol–water partition coefficient (Wildman–Crippen LogP) is 3.47. The summed E-state index contributed by atoms with van der Waals surface area (Å²) in [5, 5.41) is 8.93. The largest absolute Gasteiger partial charge is 0.478 e. The van der Waals surface area contributed by atoms with Crippen molar-refractivity contribution in [1.82, 2.24) is 0 Å². The molecule has 0 saturated heterocycles. The lowest BCUT2D eigenvalue weighted by molar-refractivity contribution is 0.0697. The lowest BCUT2D eigenvalue weighted by atomic mass is 9.98. The van der Waals surface area contributed by atoms with Crippen LogP contribution in [0.4, 0.5) is 13.2 Å². The number of rotatable bonds is 2. The van der Waals surface area contributed by atoms with E-state index in [1.807, 2.05) is 0 Å². The number of halogens is 3. The van der Waals surface area contributed by atoms with Gasteiger partial charge in [-0.15, -0.1) is 0 Å². The van der Waals surface area contributed by atoms with Crippen molar-refractivity contribution < 1.29 is 23.1 Å². The molecular formula is C13H7F3O2. The Bertz CT molecular complexity index is 624. The van der Waals surface area contributed by atoms with Crippen molar-refractivity contribution in [1.29, 1.82) is 0 Å². The van der Waals surface area contributed by atoms with Crippen LogP contribution in [-0.4, -0.2) is 11.1 Å². The number of benzene rings is 2. The highest BCUT2D eigenvalue weighted by atomic mass is 19.2. The van der Waals surface area contributed by atoms with Crippen LogP contribution >= 0.6 is 0 Å². The maximum Gasteiger partial charge on any atom is 0.336 e. The molecule has 0 radical (unpaired) electrons. The van der Waals surface area contributed by atoms with E-state index in [4.69, 9.17) is 5.11 Å². The summed E-state index contributed by atoms with van der Waals surface area (Å²) in [6.45, 7) is 0. The Hall–Kier alpha value is -2.30. The van der Waals surface area contributed by atoms with Crippen molar-refractivity contribution in [3.8, 4) is 11.1 Å². The third-order valence-corrected chi connectivity index (χ3v) is 2.46. The van der Waals surface area contributed by atoms with E-state index in [1.54, 1.807) is 0 Å². The van der Waals surface area contributed by atoms with Gasteiger partial charge in [0, 0.05) is 11.1 Å². The van der Waals surface area contributed by atoms with Gasteiger partial charge in [-0.1, -0.05) is 18.2 Å². The van der Waals surface area contributed by atoms with Crippen LogP contribution in [0.5, 0.6) is 0 Å². The zero-order valence-corrected chi connectivity index (χ0v) is 8.95. The van der Waals surface area contributed by atoms with Gasteiger partial charge in [0.25, 0.3) is 0 Å². The van der Waals surface area contributed by atoms with E-state index >= 15 is 0 Å². The van der Waals surface area contributed by atoms with Crippen molar-refractivity contribution in [3.05, 3.63) is 59.4 Å². The first-order chi connectivity index (χ1) is 8.52. The van der Waals surface area contributed by atoms with Gasteiger partial charge >= 0.3 is 5.97 Å². The van der Waals surface area contributed by atoms with Crippen molar-refractivity contribution in [2.24, 2.45) is 0 Å². The average molecular weight is 252 g/mol. The van der Waals surface area contributed by atoms with E-state index < -0.39 is 40.1 Å². The fourth-order valence-electron chi connectivity index (χ4n) is 1.67. The van der Waals surface area contributed by atoms with Crippen LogP contribution in [-0.2, 0) is 0 Å². The second-order valence-corrected chi connectivity index (χ2v) is 3.57. The minimum atomic E-state index is -1.41. The van der Waals surface area contributed by atoms with Gasteiger partial charge < -0.3 is 5.11 Å². The fraction of sp³-hybridized carbons (Fsp3) is 0. The molecule has 0 aromatic heterocycles. The van der Waals surface area contributed by atoms with E-state index in [1.165, 1.54) is 12.1 Å². The molecule has 2 aromatic carbocycles. The lowest BCUT2D eigenvalue weighted by Gasteiger charge is -2.09. The Kier molecular flexibility index (Phi) is 3.06. The SMILES string of the molecule is O=C(O)c1cccc(F)c1-c1cccc(F)c1F. The summed E-state index contributed by atoms with van der Waals surface area (Å²) in [5.41, 5.74) is -1.29. The van der Waals surface area contributed by atoms with Crippen LogP contribution in [0.1, 0.15) is 10.4 Å². The van der Waals surface area contributed by atoms with Crippen LogP contribution in [0.15, 0.2) is 36.4 Å². The van der Waals surface area contributed by atoms with Gasteiger partial charge in [-0.2, -0.15) is 0 Å². The Morgan fingerprint density at radius 2 is 1.56 bits per heavy atom. The van der Waals surface area contributed by atoms with Crippen molar-refractivity contribution in [2.75, 3.05) is 0 Å². The summed E-state index contributed by atoms with van der Waals surface area (Å²) in [6.07, 6.45) is 0. The molecule has 0 aliphatic heterocycles. The first-order valence-electron chi connectivity index (χ1n) is 4.98. The maximum atomic E-state index is 13.7. The van der Waals surface area contributed by atoms with Gasteiger partial charge in [-0.3, -0.25) is 0 Å². The van der Waals surface area contributed by atoms with E-state index in [2.05, 4.69) is 0 Å². The van der Waals surface area contributed by atoms with Gasteiger partial charge in [0.1, 0.15) is 5.82 Å². The molecule has 0 aliphatic rings. The molecule has 92 valence electrons. The number of carboxylic acid groups (broad SMARTS) is 1. The van der Waals surface area contributed by atoms with Gasteiger partial charge in [-0.25, -0.2) is 18.0 Å². The number of aromatic carboxylic acids is 1. The molecule has 5 heteroatoms. The summed E-state index contributed by atoms with van der Waals surface area (Å²) < 4.78 is 40.3. The Balaban J connectivity index is 2.78. The van der Waals surface area contributed by atoms with Gasteiger partial charge in [-0.05, 0) is 18.2 Å². The van der Waals surface area contributed by atoms with Gasteiger partial charge in [0.15, 0.2) is 11.6 Å². The number of hydrogen-bond donors (Lipinski definition) is 1. The summed E-state index contributed by atoms with van der Waals surface area (Å²) in [7, 11) is 0. The first-order valence-corrected chi connectivity index (χ1v) is 4.98. The summed E-state index contributed by atoms with van der Waals surface area (Å²) in [6, 6.07) is 6.51. The second-order valence-electron chi connectivity index (χ2n) is 3.57. The highest BCUT2D eigenvalue weighted by Gasteiger charge is 2.20. The van der Waals surface area contributed by atoms with Crippen molar-refractivity contribution in [3.63, 3.8) is 0 Å². The molecule has 0 saturated carbocycles. The van der Waals surface area contributed by atoms with Crippen molar-refractivity contribution >= 4 is 5.97 Å². The molecule has 0 atom stereocenters. The summed E-state index contributed by atoms with van der Waals surface area (Å²) in [4.78, 5) is 11.0. The molecule has 2 nitrogen and oxygen atoms in total. The molecule has 0 aliphatic carbocycles. The Morgan fingerprint density at radius 1 is 0.944 bits per heavy atom. The monoisotopic (exact) mass is 252 g/mol. The molecule has 0 spiro atoms. The van der Waals surface area contributed by atoms with Crippen LogP contribution in [0.2, 0.25) is 0 Å². The molecule has 2 aromatic rings. The minimum absolute atomic E-state index is 0.412. The van der Waals surface area contributed by atoms with Gasteiger partial charge in [0.05, 0.1) is 5.56 Å². The normalized spacial score (nSPS) is 10.4. The Labute approximate surface area is 100 Å². The smallest absolute Gasteiger partial charge is 0.336 e. The Morgan fingerprint density at radius 3 is 2.22 bits per heavy atom. The molecule has 0 amide bonds. The standard InChI is InChI=1S/C13H7F3O2/c14-9-5-2-4-8(13(17)18)11(9)7-3-1-6-10(15)12(7)16/h1-6H,(H,17,18). The zero-order valence-electron chi connectivity index (χ0n) is 8.95. The molecule has 18 heavy (non-hydrogen) atoms. The number of carboxylic acids is 1. The molecule has 1 N–H and O–H groups in total. The topological polar surface area (TPSA) is 37.3 Å². The molecule has 0 bridgehead atoms. The van der Waals surface area contributed by atoms with E-state index in [0.717, 1.165) is 24.3 Å². The highest BCUT2D eigenvalue weighted by Crippen LogP contribution is 2.30. The highest BCUT2D eigenvalue weighted by molar-refractivity contribution is 5.96. The third kappa shape index (κ3) is 1.95. The number of hydrogen-bond acceptors (Lipinski definition) is 1. The third-order valence-electron chi connectivity index (χ3n) is 2.46. The van der Waals surface area contributed by atoms with E-state index in [0.29, 0.717) is 0 Å². The van der Waals surface area contributed by atoms with Crippen LogP contribution in [0, 0.1) is 17.5 Å². The van der Waals surface area contributed by atoms with E-state index in [-0.39, 0.29) is 0 Å². The van der Waals surface area contributed by atoms with Crippen LogP contribution < -0.4 is 0 Å². The molecule has 0 unspecified atom stereocenters. The maximum absolute atomic E-state index is 13.7. The zero-order chi connectivity index (χ0) is 13.3. The summed E-state index contributed by atoms with van der Waals surface area (Å²) in [5.74, 6) is -4.76. The average Bonchev–Trinajstić information content (AvgIpc) is 2.33. The molecule has 2 rings (SSSR count). The van der Waals surface area contributed by atoms with Gasteiger partial charge in [0.2, 0.25) is 0 Å².